The van der Waals surface area contributed by atoms with Crippen molar-refractivity contribution < 1.29 is 41.8 Å². The van der Waals surface area contributed by atoms with Crippen molar-refractivity contribution in [2.45, 2.75) is 94.6 Å². The van der Waals surface area contributed by atoms with Crippen molar-refractivity contribution in [3.63, 3.8) is 0 Å². The normalized spacial score (nSPS) is 21.3. The molecule has 2 aromatic rings. The number of aryl methyl sites for hydroxylation is 1. The van der Waals surface area contributed by atoms with Gasteiger partial charge in [-0.15, -0.1) is 0 Å². The minimum Gasteiger partial charge on any atom is -0.496 e. The van der Waals surface area contributed by atoms with E-state index in [1.54, 1.807) is 7.11 Å². The molecule has 3 fully saturated rings. The number of sulfonamides is 1. The van der Waals surface area contributed by atoms with Crippen LogP contribution in [0.4, 0.5) is 4.79 Å². The maximum atomic E-state index is 14.0. The molecular weight excluding hydrogens is 652 g/mol. The Balaban J connectivity index is 1.40. The molecule has 3 N–H and O–H groups in total. The Kier molecular flexibility index (Phi) is 10.8. The summed E-state index contributed by atoms with van der Waals surface area (Å²) in [4.78, 5) is 54.5. The monoisotopic (exact) mass is 700 g/mol. The van der Waals surface area contributed by atoms with Gasteiger partial charge in [0.05, 0.1) is 25.5 Å². The molecule has 13 nitrogen and oxygen atoms in total. The Bertz CT molecular complexity index is 1700. The Morgan fingerprint density at radius 1 is 1.04 bits per heavy atom. The highest BCUT2D eigenvalue weighted by Gasteiger charge is 2.56. The van der Waals surface area contributed by atoms with E-state index in [-0.39, 0.29) is 32.4 Å². The average molecular weight is 701 g/mol. The maximum absolute atomic E-state index is 14.0. The molecule has 3 aliphatic rings. The van der Waals surface area contributed by atoms with Crippen molar-refractivity contribution >= 4 is 44.6 Å². The zero-order chi connectivity index (χ0) is 35.6. The van der Waals surface area contributed by atoms with Gasteiger partial charge in [-0.3, -0.25) is 19.1 Å². The number of carbonyl (C=O) groups excluding carboxylic acids is 4. The first-order valence-corrected chi connectivity index (χ1v) is 18.6. The number of ether oxygens (including phenoxy) is 3. The van der Waals surface area contributed by atoms with Crippen LogP contribution >= 0.6 is 0 Å². The van der Waals surface area contributed by atoms with E-state index in [0.29, 0.717) is 25.2 Å². The number of likely N-dealkylation sites (tertiary alicyclic amines) is 1. The first-order chi connectivity index (χ1) is 23.3. The van der Waals surface area contributed by atoms with Gasteiger partial charge in [0.25, 0.3) is 5.91 Å². The van der Waals surface area contributed by atoms with Gasteiger partial charge in [-0.05, 0) is 84.5 Å². The standard InChI is InChI=1S/C35H48N4O9S/c1-6-7-24-16-25-17-26(9-8-23(25)18-29(24)46-4)35(47-5)19-28(39(21-35)30(40)20-36-33(43)48-15-12-22(2)3)31(41)37-34(13-14-34)32(42)38-49(44,45)27-10-11-27/h8-9,16-18,22,27-28H,6-7,10-15,19-21H2,1-5H3,(H,36,43)(H,37,41)(H,38,42)/t28-,35-/m0/s1. The second kappa shape index (κ2) is 14.5. The van der Waals surface area contributed by atoms with Crippen LogP contribution in [0, 0.1) is 5.92 Å². The van der Waals surface area contributed by atoms with Gasteiger partial charge in [-0.25, -0.2) is 13.2 Å². The quantitative estimate of drug-likeness (QED) is 0.253. The number of fused-ring (bicyclic) bond motifs is 1. The fraction of sp³-hybridized carbons (Fsp3) is 0.600. The number of carbonyl (C=O) groups is 4. The molecule has 0 bridgehead atoms. The molecule has 1 aliphatic heterocycles. The molecule has 0 unspecified atom stereocenters. The number of rotatable bonds is 15. The number of nitrogens with one attached hydrogen (secondary N) is 3. The first kappa shape index (κ1) is 36.4. The molecule has 14 heteroatoms. The molecular formula is C35H48N4O9S. The maximum Gasteiger partial charge on any atom is 0.407 e. The van der Waals surface area contributed by atoms with Gasteiger partial charge in [0.15, 0.2) is 0 Å². The highest BCUT2D eigenvalue weighted by Crippen LogP contribution is 2.42. The third-order valence-electron chi connectivity index (χ3n) is 9.68. The predicted molar refractivity (Wildman–Crippen MR) is 182 cm³/mol. The van der Waals surface area contributed by atoms with E-state index in [0.717, 1.165) is 40.5 Å². The molecule has 4 amide bonds. The second-order valence-electron chi connectivity index (χ2n) is 13.8. The minimum absolute atomic E-state index is 0.0107. The first-order valence-electron chi connectivity index (χ1n) is 17.0. The van der Waals surface area contributed by atoms with E-state index in [2.05, 4.69) is 28.3 Å². The summed E-state index contributed by atoms with van der Waals surface area (Å²) in [6.45, 7) is 5.87. The smallest absolute Gasteiger partial charge is 0.407 e. The molecule has 5 rings (SSSR count). The predicted octanol–water partition coefficient (Wildman–Crippen LogP) is 3.27. The molecule has 0 aromatic heterocycles. The van der Waals surface area contributed by atoms with Crippen LogP contribution in [0.5, 0.6) is 5.75 Å². The summed E-state index contributed by atoms with van der Waals surface area (Å²) >= 11 is 0. The molecule has 1 heterocycles. The van der Waals surface area contributed by atoms with Gasteiger partial charge in [-0.2, -0.15) is 0 Å². The SMILES string of the molecule is CCCc1cc2cc([C@]3(OC)C[C@@H](C(=O)NC4(C(=O)NS(=O)(=O)C5CC5)CC4)N(C(=O)CNC(=O)OCCC(C)C)C3)ccc2cc1OC. The lowest BCUT2D eigenvalue weighted by molar-refractivity contribution is -0.139. The lowest BCUT2D eigenvalue weighted by Crippen LogP contribution is -2.56. The molecule has 0 spiro atoms. The van der Waals surface area contributed by atoms with E-state index in [1.165, 1.54) is 12.0 Å². The van der Waals surface area contributed by atoms with Crippen LogP contribution in [-0.4, -0.2) is 87.9 Å². The molecule has 2 saturated carbocycles. The zero-order valence-corrected chi connectivity index (χ0v) is 29.7. The van der Waals surface area contributed by atoms with Crippen LogP contribution < -0.4 is 20.1 Å². The molecule has 2 aliphatic carbocycles. The lowest BCUT2D eigenvalue weighted by Gasteiger charge is -2.29. The number of hydrogen-bond acceptors (Lipinski definition) is 9. The molecule has 49 heavy (non-hydrogen) atoms. The Morgan fingerprint density at radius 2 is 1.78 bits per heavy atom. The van der Waals surface area contributed by atoms with Gasteiger partial charge < -0.3 is 29.7 Å². The summed E-state index contributed by atoms with van der Waals surface area (Å²) in [5.41, 5.74) is -0.686. The summed E-state index contributed by atoms with van der Waals surface area (Å²) in [5, 5.41) is 6.55. The Morgan fingerprint density at radius 3 is 2.39 bits per heavy atom. The summed E-state index contributed by atoms with van der Waals surface area (Å²) in [6, 6.07) is 8.81. The molecule has 0 radical (unpaired) electrons. The number of amides is 4. The van der Waals surface area contributed by atoms with Crippen molar-refractivity contribution in [3.8, 4) is 5.75 Å². The second-order valence-corrected chi connectivity index (χ2v) is 15.8. The Hall–Kier alpha value is -3.91. The number of alkyl carbamates (subject to hydrolysis) is 1. The largest absolute Gasteiger partial charge is 0.496 e. The minimum atomic E-state index is -3.82. The molecule has 2 atom stereocenters. The molecule has 2 aromatic carbocycles. The zero-order valence-electron chi connectivity index (χ0n) is 28.9. The van der Waals surface area contributed by atoms with Crippen LogP contribution in [0.15, 0.2) is 30.3 Å². The number of benzene rings is 2. The van der Waals surface area contributed by atoms with Crippen molar-refractivity contribution in [2.75, 3.05) is 33.9 Å². The van der Waals surface area contributed by atoms with Gasteiger partial charge in [0, 0.05) is 13.5 Å². The topological polar surface area (TPSA) is 169 Å². The van der Waals surface area contributed by atoms with Gasteiger partial charge in [0.1, 0.15) is 29.5 Å². The van der Waals surface area contributed by atoms with Gasteiger partial charge >= 0.3 is 6.09 Å². The highest BCUT2D eigenvalue weighted by atomic mass is 32.2. The van der Waals surface area contributed by atoms with Gasteiger partial charge in [-0.1, -0.05) is 39.3 Å². The average Bonchev–Trinajstić information content (AvgIpc) is 4.00. The third kappa shape index (κ3) is 8.12. The van der Waals surface area contributed by atoms with Crippen LogP contribution in [0.3, 0.4) is 0 Å². The highest BCUT2D eigenvalue weighted by molar-refractivity contribution is 7.91. The fourth-order valence-corrected chi connectivity index (χ4v) is 7.71. The van der Waals surface area contributed by atoms with Crippen LogP contribution in [0.25, 0.3) is 10.8 Å². The fourth-order valence-electron chi connectivity index (χ4n) is 6.33. The summed E-state index contributed by atoms with van der Waals surface area (Å²) < 4.78 is 44.1. The van der Waals surface area contributed by atoms with Crippen molar-refractivity contribution in [1.29, 1.82) is 0 Å². The van der Waals surface area contributed by atoms with Gasteiger partial charge in [0.2, 0.25) is 21.8 Å². The molecule has 268 valence electrons. The van der Waals surface area contributed by atoms with E-state index < -0.39 is 62.8 Å². The lowest BCUT2D eigenvalue weighted by atomic mass is 9.88. The number of nitrogens with zero attached hydrogens (tertiary/aromatic N) is 1. The van der Waals surface area contributed by atoms with E-state index in [4.69, 9.17) is 14.2 Å². The number of hydrogen-bond donors (Lipinski definition) is 3. The van der Waals surface area contributed by atoms with Crippen LogP contribution in [-0.2, 0) is 45.9 Å². The third-order valence-corrected chi connectivity index (χ3v) is 11.5. The van der Waals surface area contributed by atoms with Crippen molar-refractivity contribution in [1.82, 2.24) is 20.3 Å². The van der Waals surface area contributed by atoms with Crippen LogP contribution in [0.1, 0.15) is 76.8 Å². The van der Waals surface area contributed by atoms with Crippen molar-refractivity contribution in [3.05, 3.63) is 41.5 Å². The summed E-state index contributed by atoms with van der Waals surface area (Å²) in [5.74, 6) is -0.793. The van der Waals surface area contributed by atoms with Crippen LogP contribution in [0.2, 0.25) is 0 Å². The Labute approximate surface area is 287 Å². The van der Waals surface area contributed by atoms with E-state index >= 15 is 0 Å². The summed E-state index contributed by atoms with van der Waals surface area (Å²) in [6.07, 6.45) is 3.24. The van der Waals surface area contributed by atoms with E-state index in [9.17, 15) is 27.6 Å². The summed E-state index contributed by atoms with van der Waals surface area (Å²) in [7, 11) is -0.654. The molecule has 1 saturated heterocycles. The number of methoxy groups -OCH3 is 2. The van der Waals surface area contributed by atoms with Crippen molar-refractivity contribution in [2.24, 2.45) is 5.92 Å². The van der Waals surface area contributed by atoms with E-state index in [1.807, 2.05) is 38.1 Å².